The fourth-order valence-electron chi connectivity index (χ4n) is 2.23. The molecular weight excluding hydrogens is 266 g/mol. The van der Waals surface area contributed by atoms with E-state index in [1.54, 1.807) is 11.3 Å². The van der Waals surface area contributed by atoms with E-state index in [0.717, 1.165) is 25.0 Å². The van der Waals surface area contributed by atoms with Crippen molar-refractivity contribution in [1.29, 1.82) is 0 Å². The Morgan fingerprint density at radius 1 is 1.35 bits per heavy atom. The summed E-state index contributed by atoms with van der Waals surface area (Å²) in [5, 5.41) is 4.17. The number of rotatable bonds is 5. The van der Waals surface area contributed by atoms with Gasteiger partial charge >= 0.3 is 0 Å². The van der Waals surface area contributed by atoms with Crippen molar-refractivity contribution in [3.05, 3.63) is 52.5 Å². The van der Waals surface area contributed by atoms with Crippen LogP contribution in [0.3, 0.4) is 0 Å². The SMILES string of the molecule is CCn1cnc2cc(CCN=Cc3ccsc3)ccc21. The molecule has 2 heterocycles. The highest BCUT2D eigenvalue weighted by molar-refractivity contribution is 7.08. The Bertz CT molecular complexity index is 710. The Hall–Kier alpha value is -1.94. The molecule has 1 aromatic carbocycles. The number of benzene rings is 1. The fraction of sp³-hybridized carbons (Fsp3) is 0.250. The molecule has 0 saturated heterocycles. The Kier molecular flexibility index (Phi) is 3.92. The molecule has 3 rings (SSSR count). The number of aromatic nitrogens is 2. The van der Waals surface area contributed by atoms with E-state index in [0.29, 0.717) is 0 Å². The molecule has 0 aliphatic carbocycles. The van der Waals surface area contributed by atoms with Crippen LogP contribution in [0.4, 0.5) is 0 Å². The summed E-state index contributed by atoms with van der Waals surface area (Å²) >= 11 is 1.70. The molecule has 0 amide bonds. The van der Waals surface area contributed by atoms with Gasteiger partial charge in [0, 0.05) is 24.9 Å². The van der Waals surface area contributed by atoms with Gasteiger partial charge in [-0.25, -0.2) is 4.98 Å². The third-order valence-corrected chi connectivity index (χ3v) is 4.04. The maximum Gasteiger partial charge on any atom is 0.0958 e. The van der Waals surface area contributed by atoms with E-state index in [9.17, 15) is 0 Å². The van der Waals surface area contributed by atoms with Crippen molar-refractivity contribution in [1.82, 2.24) is 9.55 Å². The molecule has 0 radical (unpaired) electrons. The Morgan fingerprint density at radius 3 is 3.10 bits per heavy atom. The number of nitrogens with zero attached hydrogens (tertiary/aromatic N) is 3. The first-order valence-corrected chi connectivity index (χ1v) is 7.77. The highest BCUT2D eigenvalue weighted by Gasteiger charge is 2.02. The zero-order chi connectivity index (χ0) is 13.8. The number of hydrogen-bond acceptors (Lipinski definition) is 3. The molecule has 3 nitrogen and oxygen atoms in total. The molecule has 0 N–H and O–H groups in total. The lowest BCUT2D eigenvalue weighted by Gasteiger charge is -2.01. The van der Waals surface area contributed by atoms with Crippen molar-refractivity contribution < 1.29 is 0 Å². The van der Waals surface area contributed by atoms with Crippen LogP contribution in [0.5, 0.6) is 0 Å². The number of aliphatic imine (C=N–C) groups is 1. The predicted octanol–water partition coefficient (Wildman–Crippen LogP) is 3.78. The van der Waals surface area contributed by atoms with Gasteiger partial charge < -0.3 is 4.57 Å². The van der Waals surface area contributed by atoms with Crippen molar-refractivity contribution in [3.63, 3.8) is 0 Å². The summed E-state index contributed by atoms with van der Waals surface area (Å²) in [5.74, 6) is 0. The van der Waals surface area contributed by atoms with E-state index in [1.807, 2.05) is 12.5 Å². The second kappa shape index (κ2) is 6.01. The number of aryl methyl sites for hydroxylation is 1. The number of hydrogen-bond donors (Lipinski definition) is 0. The predicted molar refractivity (Wildman–Crippen MR) is 85.9 cm³/mol. The quantitative estimate of drug-likeness (QED) is 0.655. The molecule has 0 aliphatic rings. The Morgan fingerprint density at radius 2 is 2.30 bits per heavy atom. The van der Waals surface area contributed by atoms with Gasteiger partial charge in [0.1, 0.15) is 0 Å². The van der Waals surface area contributed by atoms with Crippen molar-refractivity contribution in [2.45, 2.75) is 19.9 Å². The lowest BCUT2D eigenvalue weighted by atomic mass is 10.1. The van der Waals surface area contributed by atoms with Gasteiger partial charge in [-0.05, 0) is 47.9 Å². The summed E-state index contributed by atoms with van der Waals surface area (Å²) in [6.45, 7) is 3.91. The van der Waals surface area contributed by atoms with Crippen LogP contribution in [0.2, 0.25) is 0 Å². The van der Waals surface area contributed by atoms with Crippen LogP contribution in [0.25, 0.3) is 11.0 Å². The van der Waals surface area contributed by atoms with E-state index in [4.69, 9.17) is 0 Å². The monoisotopic (exact) mass is 283 g/mol. The van der Waals surface area contributed by atoms with E-state index in [2.05, 4.69) is 56.5 Å². The zero-order valence-electron chi connectivity index (χ0n) is 11.5. The molecular formula is C16H17N3S. The van der Waals surface area contributed by atoms with E-state index >= 15 is 0 Å². The van der Waals surface area contributed by atoms with Crippen LogP contribution < -0.4 is 0 Å². The lowest BCUT2D eigenvalue weighted by molar-refractivity contribution is 0.787. The molecule has 0 bridgehead atoms. The average Bonchev–Trinajstić information content (AvgIpc) is 3.12. The van der Waals surface area contributed by atoms with Crippen LogP contribution in [0.1, 0.15) is 18.1 Å². The second-order valence-electron chi connectivity index (χ2n) is 4.70. The number of imidazole rings is 1. The number of thiophene rings is 1. The highest BCUT2D eigenvalue weighted by atomic mass is 32.1. The molecule has 0 fully saturated rings. The summed E-state index contributed by atoms with van der Waals surface area (Å²) in [6.07, 6.45) is 4.81. The fourth-order valence-corrected chi connectivity index (χ4v) is 2.84. The first-order chi connectivity index (χ1) is 9.86. The molecule has 0 spiro atoms. The molecule has 0 saturated carbocycles. The minimum Gasteiger partial charge on any atom is -0.331 e. The smallest absolute Gasteiger partial charge is 0.0958 e. The summed E-state index contributed by atoms with van der Waals surface area (Å²) in [4.78, 5) is 8.91. The van der Waals surface area contributed by atoms with Crippen LogP contribution >= 0.6 is 11.3 Å². The summed E-state index contributed by atoms with van der Waals surface area (Å²) in [7, 11) is 0. The second-order valence-corrected chi connectivity index (χ2v) is 5.48. The van der Waals surface area contributed by atoms with Crippen LogP contribution in [-0.2, 0) is 13.0 Å². The van der Waals surface area contributed by atoms with Gasteiger partial charge in [-0.2, -0.15) is 11.3 Å². The average molecular weight is 283 g/mol. The summed E-state index contributed by atoms with van der Waals surface area (Å²) < 4.78 is 2.16. The van der Waals surface area contributed by atoms with Gasteiger partial charge in [0.25, 0.3) is 0 Å². The molecule has 0 unspecified atom stereocenters. The van der Waals surface area contributed by atoms with Crippen molar-refractivity contribution >= 4 is 28.6 Å². The van der Waals surface area contributed by atoms with Gasteiger partial charge in [-0.15, -0.1) is 0 Å². The van der Waals surface area contributed by atoms with Gasteiger partial charge in [0.05, 0.1) is 17.4 Å². The molecule has 0 atom stereocenters. The minimum absolute atomic E-state index is 0.815. The first-order valence-electron chi connectivity index (χ1n) is 6.82. The molecule has 102 valence electrons. The zero-order valence-corrected chi connectivity index (χ0v) is 12.3. The largest absolute Gasteiger partial charge is 0.331 e. The molecule has 3 aromatic rings. The van der Waals surface area contributed by atoms with Gasteiger partial charge in [0.15, 0.2) is 0 Å². The summed E-state index contributed by atoms with van der Waals surface area (Å²) in [6, 6.07) is 8.58. The van der Waals surface area contributed by atoms with Crippen LogP contribution in [0.15, 0.2) is 46.3 Å². The standard InChI is InChI=1S/C16H17N3S/c1-2-19-12-18-15-9-13(3-4-16(15)19)5-7-17-10-14-6-8-20-11-14/h3-4,6,8-12H,2,5,7H2,1H3. The molecule has 2 aromatic heterocycles. The number of fused-ring (bicyclic) bond motifs is 1. The Balaban J connectivity index is 1.66. The third kappa shape index (κ3) is 2.80. The van der Waals surface area contributed by atoms with E-state index in [1.165, 1.54) is 16.6 Å². The molecule has 20 heavy (non-hydrogen) atoms. The van der Waals surface area contributed by atoms with Crippen molar-refractivity contribution in [3.8, 4) is 0 Å². The first kappa shape index (κ1) is 13.1. The topological polar surface area (TPSA) is 30.2 Å². The van der Waals surface area contributed by atoms with Gasteiger partial charge in [0.2, 0.25) is 0 Å². The Labute approximate surface area is 122 Å². The minimum atomic E-state index is 0.815. The van der Waals surface area contributed by atoms with E-state index in [-0.39, 0.29) is 0 Å². The van der Waals surface area contributed by atoms with Gasteiger partial charge in [-0.3, -0.25) is 4.99 Å². The van der Waals surface area contributed by atoms with Crippen molar-refractivity contribution in [2.75, 3.05) is 6.54 Å². The van der Waals surface area contributed by atoms with Crippen LogP contribution in [-0.4, -0.2) is 22.3 Å². The normalized spacial score (nSPS) is 11.7. The third-order valence-electron chi connectivity index (χ3n) is 3.34. The van der Waals surface area contributed by atoms with Crippen LogP contribution in [0, 0.1) is 0 Å². The molecule has 0 aliphatic heterocycles. The lowest BCUT2D eigenvalue weighted by Crippen LogP contribution is -1.93. The maximum absolute atomic E-state index is 4.47. The van der Waals surface area contributed by atoms with E-state index < -0.39 is 0 Å². The highest BCUT2D eigenvalue weighted by Crippen LogP contribution is 2.15. The molecule has 4 heteroatoms. The summed E-state index contributed by atoms with van der Waals surface area (Å²) in [5.41, 5.74) is 4.76. The van der Waals surface area contributed by atoms with Gasteiger partial charge in [-0.1, -0.05) is 6.07 Å². The van der Waals surface area contributed by atoms with Crippen molar-refractivity contribution in [2.24, 2.45) is 4.99 Å². The maximum atomic E-state index is 4.47.